The van der Waals surface area contributed by atoms with Gasteiger partial charge < -0.3 is 9.47 Å². The highest BCUT2D eigenvalue weighted by Crippen LogP contribution is 2.82. The van der Waals surface area contributed by atoms with Crippen molar-refractivity contribution in [3.05, 3.63) is 35.9 Å². The number of nitriles is 2. The second-order valence-corrected chi connectivity index (χ2v) is 6.24. The SMILES string of the molecule is CCOC1(OCC)[NH+]=C(N)[C@@]2(C#N)[C@](C)(c3ccccc3)[C@@]12C#N. The summed E-state index contributed by atoms with van der Waals surface area (Å²) in [5, 5.41) is 20.2. The number of rotatable bonds is 5. The molecule has 1 aromatic rings. The molecular formula is C18H21N4O2+. The van der Waals surface area contributed by atoms with Crippen molar-refractivity contribution in [2.24, 2.45) is 16.6 Å². The van der Waals surface area contributed by atoms with Gasteiger partial charge in [-0.05, 0) is 19.4 Å². The van der Waals surface area contributed by atoms with E-state index in [2.05, 4.69) is 17.1 Å². The number of ether oxygens (including phenoxy) is 2. The van der Waals surface area contributed by atoms with E-state index >= 15 is 0 Å². The number of amidine groups is 1. The molecular weight excluding hydrogens is 304 g/mol. The van der Waals surface area contributed by atoms with Gasteiger partial charge in [0.1, 0.15) is 0 Å². The van der Waals surface area contributed by atoms with Crippen molar-refractivity contribution in [1.29, 1.82) is 10.5 Å². The largest absolute Gasteiger partial charge is 0.343 e. The topological polar surface area (TPSA) is 106 Å². The van der Waals surface area contributed by atoms with E-state index in [0.29, 0.717) is 13.2 Å². The van der Waals surface area contributed by atoms with Crippen LogP contribution >= 0.6 is 0 Å². The van der Waals surface area contributed by atoms with E-state index in [1.807, 2.05) is 51.1 Å². The third-order valence-corrected chi connectivity index (χ3v) is 5.58. The van der Waals surface area contributed by atoms with E-state index in [0.717, 1.165) is 5.56 Å². The van der Waals surface area contributed by atoms with Gasteiger partial charge in [-0.3, -0.25) is 5.73 Å². The van der Waals surface area contributed by atoms with E-state index < -0.39 is 22.2 Å². The highest BCUT2D eigenvalue weighted by Gasteiger charge is 3.03. The molecule has 0 amide bonds. The van der Waals surface area contributed by atoms with Crippen LogP contribution in [-0.4, -0.2) is 25.0 Å². The van der Waals surface area contributed by atoms with E-state index in [1.165, 1.54) is 0 Å². The molecule has 6 nitrogen and oxygen atoms in total. The number of hydrogen-bond acceptors (Lipinski definition) is 5. The second kappa shape index (κ2) is 5.04. The van der Waals surface area contributed by atoms with Crippen molar-refractivity contribution in [2.45, 2.75) is 32.1 Å². The normalized spacial score (nSPS) is 35.5. The van der Waals surface area contributed by atoms with Gasteiger partial charge in [0.05, 0.1) is 30.8 Å². The maximum absolute atomic E-state index is 10.2. The minimum absolute atomic E-state index is 0.222. The van der Waals surface area contributed by atoms with Crippen LogP contribution in [0.4, 0.5) is 0 Å². The Balaban J connectivity index is 2.31. The van der Waals surface area contributed by atoms with E-state index in [4.69, 9.17) is 15.2 Å². The molecule has 2 aliphatic rings. The zero-order valence-corrected chi connectivity index (χ0v) is 14.1. The molecule has 3 rings (SSSR count). The summed E-state index contributed by atoms with van der Waals surface area (Å²) in [5.74, 6) is -1.23. The van der Waals surface area contributed by atoms with Gasteiger partial charge in [0, 0.05) is 0 Å². The Bertz CT molecular complexity index is 772. The molecule has 1 saturated carbocycles. The predicted octanol–water partition coefficient (Wildman–Crippen LogP) is 0.156. The minimum Gasteiger partial charge on any atom is -0.314 e. The van der Waals surface area contributed by atoms with Gasteiger partial charge in [0.2, 0.25) is 0 Å². The molecule has 1 aliphatic carbocycles. The molecule has 1 heterocycles. The van der Waals surface area contributed by atoms with E-state index in [9.17, 15) is 10.5 Å². The van der Waals surface area contributed by atoms with Gasteiger partial charge in [-0.25, -0.2) is 4.99 Å². The summed E-state index contributed by atoms with van der Waals surface area (Å²) in [6.45, 7) is 6.15. The molecule has 1 aromatic carbocycles. The van der Waals surface area contributed by atoms with Crippen LogP contribution in [-0.2, 0) is 14.9 Å². The molecule has 1 aliphatic heterocycles. The van der Waals surface area contributed by atoms with E-state index in [-0.39, 0.29) is 5.84 Å². The lowest BCUT2D eigenvalue weighted by atomic mass is 9.84. The Kier molecular flexibility index (Phi) is 3.46. The minimum atomic E-state index is -1.45. The number of nitrogens with two attached hydrogens (primary N) is 1. The molecule has 124 valence electrons. The smallest absolute Gasteiger partial charge is 0.314 e. The first-order valence-electron chi connectivity index (χ1n) is 8.05. The molecule has 0 aromatic heterocycles. The summed E-state index contributed by atoms with van der Waals surface area (Å²) in [6, 6.07) is 14.1. The molecule has 3 atom stereocenters. The summed E-state index contributed by atoms with van der Waals surface area (Å²) in [6.07, 6.45) is 0. The molecule has 0 bridgehead atoms. The third kappa shape index (κ3) is 1.36. The first kappa shape index (κ1) is 16.4. The second-order valence-electron chi connectivity index (χ2n) is 6.24. The van der Waals surface area contributed by atoms with Gasteiger partial charge >= 0.3 is 5.91 Å². The van der Waals surface area contributed by atoms with Crippen molar-refractivity contribution in [1.82, 2.24) is 0 Å². The Hall–Kier alpha value is -2.41. The van der Waals surface area contributed by atoms with Gasteiger partial charge in [0.15, 0.2) is 10.8 Å². The number of nitrogens with one attached hydrogen (secondary N) is 1. The van der Waals surface area contributed by atoms with Crippen molar-refractivity contribution in [2.75, 3.05) is 13.2 Å². The molecule has 1 fully saturated rings. The maximum atomic E-state index is 10.2. The standard InChI is InChI=1S/C18H20N4O2/c1-4-23-18(24-5-2)17(12-20)15(3,13-9-7-6-8-10-13)16(17,11-19)14(21)22-18/h6-10H,4-5H2,1-3H3,(H2,21,22)/p+1/t15-,16-,17+/m0/s1. The van der Waals surface area contributed by atoms with Crippen LogP contribution in [0.5, 0.6) is 0 Å². The molecule has 0 radical (unpaired) electrons. The number of hydrogen-bond donors (Lipinski definition) is 2. The molecule has 0 unspecified atom stereocenters. The number of fused-ring (bicyclic) bond motifs is 1. The summed E-state index contributed by atoms with van der Waals surface area (Å²) in [4.78, 5) is 2.98. The third-order valence-electron chi connectivity index (χ3n) is 5.58. The summed E-state index contributed by atoms with van der Waals surface area (Å²) in [5.41, 5.74) is 3.77. The van der Waals surface area contributed by atoms with Gasteiger partial charge in [0.25, 0.3) is 5.84 Å². The summed E-state index contributed by atoms with van der Waals surface area (Å²) >= 11 is 0. The van der Waals surface area contributed by atoms with Crippen molar-refractivity contribution < 1.29 is 14.5 Å². The predicted molar refractivity (Wildman–Crippen MR) is 86.0 cm³/mol. The fourth-order valence-corrected chi connectivity index (χ4v) is 4.60. The number of nitrogens with zero attached hydrogens (tertiary/aromatic N) is 2. The van der Waals surface area contributed by atoms with Crippen LogP contribution in [0, 0.1) is 33.5 Å². The monoisotopic (exact) mass is 325 g/mol. The summed E-state index contributed by atoms with van der Waals surface area (Å²) in [7, 11) is 0. The zero-order valence-electron chi connectivity index (χ0n) is 14.1. The quantitative estimate of drug-likeness (QED) is 0.750. The lowest BCUT2D eigenvalue weighted by molar-refractivity contribution is -0.694. The average molecular weight is 325 g/mol. The fourth-order valence-electron chi connectivity index (χ4n) is 4.60. The lowest BCUT2D eigenvalue weighted by Crippen LogP contribution is -2.91. The molecule has 0 spiro atoms. The maximum Gasteiger partial charge on any atom is 0.343 e. The first-order valence-corrected chi connectivity index (χ1v) is 8.05. The van der Waals surface area contributed by atoms with Crippen LogP contribution in [0.1, 0.15) is 26.3 Å². The molecule has 0 saturated heterocycles. The fraction of sp³-hybridized carbons (Fsp3) is 0.500. The van der Waals surface area contributed by atoms with Crippen LogP contribution < -0.4 is 10.7 Å². The van der Waals surface area contributed by atoms with Crippen molar-refractivity contribution >= 4 is 5.84 Å². The Morgan fingerprint density at radius 2 is 1.67 bits per heavy atom. The Morgan fingerprint density at radius 3 is 2.12 bits per heavy atom. The van der Waals surface area contributed by atoms with Crippen LogP contribution in [0.3, 0.4) is 0 Å². The average Bonchev–Trinajstić information content (AvgIpc) is 3.02. The molecule has 3 N–H and O–H groups in total. The first-order chi connectivity index (χ1) is 11.5. The zero-order chi connectivity index (χ0) is 17.6. The van der Waals surface area contributed by atoms with Gasteiger partial charge in [-0.1, -0.05) is 37.3 Å². The highest BCUT2D eigenvalue weighted by molar-refractivity contribution is 5.97. The Morgan fingerprint density at radius 1 is 1.08 bits per heavy atom. The molecule has 24 heavy (non-hydrogen) atoms. The number of benzene rings is 1. The molecule has 6 heteroatoms. The van der Waals surface area contributed by atoms with Crippen LogP contribution in [0.15, 0.2) is 30.3 Å². The van der Waals surface area contributed by atoms with E-state index in [1.54, 1.807) is 0 Å². The lowest BCUT2D eigenvalue weighted by Gasteiger charge is -2.32. The van der Waals surface area contributed by atoms with Gasteiger partial charge in [-0.15, -0.1) is 0 Å². The summed E-state index contributed by atoms with van der Waals surface area (Å²) < 4.78 is 11.8. The van der Waals surface area contributed by atoms with Crippen molar-refractivity contribution in [3.63, 3.8) is 0 Å². The Labute approximate surface area is 141 Å². The van der Waals surface area contributed by atoms with Crippen LogP contribution in [0.2, 0.25) is 0 Å². The van der Waals surface area contributed by atoms with Crippen LogP contribution in [0.25, 0.3) is 0 Å². The van der Waals surface area contributed by atoms with Crippen molar-refractivity contribution in [3.8, 4) is 12.1 Å². The highest BCUT2D eigenvalue weighted by atomic mass is 16.7. The van der Waals surface area contributed by atoms with Gasteiger partial charge in [-0.2, -0.15) is 10.5 Å².